The first-order chi connectivity index (χ1) is 10.1. The van der Waals surface area contributed by atoms with Gasteiger partial charge in [0.15, 0.2) is 0 Å². The van der Waals surface area contributed by atoms with E-state index in [-0.39, 0.29) is 0 Å². The van der Waals surface area contributed by atoms with Crippen LogP contribution in [0.4, 0.5) is 5.82 Å². The average molecular weight is 369 g/mol. The summed E-state index contributed by atoms with van der Waals surface area (Å²) in [6.45, 7) is 3.13. The first-order valence-electron chi connectivity index (χ1n) is 7.43. The lowest BCUT2D eigenvalue weighted by molar-refractivity contribution is 0.609. The summed E-state index contributed by atoms with van der Waals surface area (Å²) in [4.78, 5) is 4.83. The van der Waals surface area contributed by atoms with E-state index in [1.165, 1.54) is 12.8 Å². The number of hydrogen-bond donors (Lipinski definition) is 1. The molecule has 0 atom stereocenters. The predicted octanol–water partition coefficient (Wildman–Crippen LogP) is 5.23. The molecule has 1 aromatic heterocycles. The maximum absolute atomic E-state index is 6.39. The topological polar surface area (TPSA) is 43.8 Å². The Hall–Kier alpha value is -1.00. The molecule has 0 amide bonds. The van der Waals surface area contributed by atoms with Gasteiger partial charge in [0.1, 0.15) is 17.3 Å². The van der Waals surface area contributed by atoms with Gasteiger partial charge in [0.2, 0.25) is 0 Å². The van der Waals surface area contributed by atoms with Crippen LogP contribution in [0, 0.1) is 0 Å². The molecule has 0 spiro atoms. The highest BCUT2D eigenvalue weighted by atomic mass is 79.9. The average Bonchev–Trinajstić information content (AvgIpc) is 3.25. The molecule has 3 nitrogen and oxygen atoms in total. The maximum atomic E-state index is 6.39. The van der Waals surface area contributed by atoms with E-state index >= 15 is 0 Å². The zero-order valence-electron chi connectivity index (χ0n) is 12.1. The molecule has 1 saturated carbocycles. The van der Waals surface area contributed by atoms with E-state index < -0.39 is 0 Å². The third-order valence-corrected chi connectivity index (χ3v) is 4.72. The summed E-state index contributed by atoms with van der Waals surface area (Å²) >= 11 is 9.83. The Labute approximate surface area is 138 Å². The van der Waals surface area contributed by atoms with E-state index in [0.29, 0.717) is 10.9 Å². The van der Waals surface area contributed by atoms with Crippen LogP contribution in [-0.2, 0) is 6.54 Å². The Morgan fingerprint density at radius 3 is 2.86 bits per heavy atom. The molecule has 1 fully saturated rings. The van der Waals surface area contributed by atoms with Gasteiger partial charge in [-0.25, -0.2) is 4.98 Å². The van der Waals surface area contributed by atoms with Crippen molar-refractivity contribution in [3.63, 3.8) is 0 Å². The van der Waals surface area contributed by atoms with Gasteiger partial charge in [-0.1, -0.05) is 40.9 Å². The number of halogens is 2. The van der Waals surface area contributed by atoms with E-state index in [9.17, 15) is 0 Å². The summed E-state index contributed by atoms with van der Waals surface area (Å²) < 4.78 is 3.17. The molecule has 1 aliphatic rings. The Morgan fingerprint density at radius 1 is 1.43 bits per heavy atom. The molecule has 0 unspecified atom stereocenters. The van der Waals surface area contributed by atoms with Gasteiger partial charge in [-0.3, -0.25) is 0 Å². The fourth-order valence-corrected chi connectivity index (χ4v) is 3.13. The van der Waals surface area contributed by atoms with Crippen molar-refractivity contribution in [3.8, 4) is 11.3 Å². The SMILES string of the molecule is CCCCn1c(C2CC2)nc(-c2cc(Br)ccc2Cl)c1N. The van der Waals surface area contributed by atoms with Crippen molar-refractivity contribution in [2.24, 2.45) is 0 Å². The van der Waals surface area contributed by atoms with Crippen LogP contribution in [0.5, 0.6) is 0 Å². The smallest absolute Gasteiger partial charge is 0.131 e. The van der Waals surface area contributed by atoms with E-state index in [2.05, 4.69) is 27.4 Å². The molecule has 0 bridgehead atoms. The number of rotatable bonds is 5. The van der Waals surface area contributed by atoms with Gasteiger partial charge in [0, 0.05) is 22.5 Å². The van der Waals surface area contributed by atoms with Gasteiger partial charge < -0.3 is 10.3 Å². The second-order valence-corrected chi connectivity index (χ2v) is 6.93. The van der Waals surface area contributed by atoms with E-state index in [1.54, 1.807) is 0 Å². The van der Waals surface area contributed by atoms with Crippen molar-refractivity contribution < 1.29 is 0 Å². The van der Waals surface area contributed by atoms with Crippen LogP contribution in [0.1, 0.15) is 44.3 Å². The standard InChI is InChI=1S/C16H19BrClN3/c1-2-3-8-21-15(19)14(20-16(21)10-4-5-10)12-9-11(17)6-7-13(12)18/h6-7,9-10H,2-5,8,19H2,1H3. The van der Waals surface area contributed by atoms with Crippen LogP contribution in [0.2, 0.25) is 5.02 Å². The van der Waals surface area contributed by atoms with Gasteiger partial charge >= 0.3 is 0 Å². The number of unbranched alkanes of at least 4 members (excludes halogenated alkanes) is 1. The summed E-state index contributed by atoms with van der Waals surface area (Å²) in [5.41, 5.74) is 8.11. The van der Waals surface area contributed by atoms with Crippen LogP contribution < -0.4 is 5.73 Å². The van der Waals surface area contributed by atoms with Crippen molar-refractivity contribution >= 4 is 33.3 Å². The minimum atomic E-state index is 0.573. The van der Waals surface area contributed by atoms with Crippen molar-refractivity contribution in [1.29, 1.82) is 0 Å². The van der Waals surface area contributed by atoms with Gasteiger partial charge in [0.05, 0.1) is 5.02 Å². The highest BCUT2D eigenvalue weighted by molar-refractivity contribution is 9.10. The lowest BCUT2D eigenvalue weighted by Gasteiger charge is -2.08. The molecule has 1 heterocycles. The zero-order chi connectivity index (χ0) is 15.0. The number of aromatic nitrogens is 2. The highest BCUT2D eigenvalue weighted by Gasteiger charge is 2.31. The van der Waals surface area contributed by atoms with Gasteiger partial charge in [0.25, 0.3) is 0 Å². The third kappa shape index (κ3) is 2.97. The number of benzene rings is 1. The molecular formula is C16H19BrClN3. The minimum Gasteiger partial charge on any atom is -0.383 e. The van der Waals surface area contributed by atoms with E-state index in [4.69, 9.17) is 22.3 Å². The molecule has 5 heteroatoms. The number of imidazole rings is 1. The summed E-state index contributed by atoms with van der Waals surface area (Å²) in [6.07, 6.45) is 4.70. The molecule has 2 aromatic rings. The Bertz CT molecular complexity index is 662. The Morgan fingerprint density at radius 2 is 2.19 bits per heavy atom. The highest BCUT2D eigenvalue weighted by Crippen LogP contribution is 2.43. The van der Waals surface area contributed by atoms with E-state index in [0.717, 1.165) is 46.8 Å². The van der Waals surface area contributed by atoms with Crippen molar-refractivity contribution in [2.45, 2.75) is 45.1 Å². The lowest BCUT2D eigenvalue weighted by Crippen LogP contribution is -2.06. The Balaban J connectivity index is 2.08. The molecule has 0 radical (unpaired) electrons. The minimum absolute atomic E-state index is 0.573. The number of nitrogens with zero attached hydrogens (tertiary/aromatic N) is 2. The fraction of sp³-hybridized carbons (Fsp3) is 0.438. The molecule has 1 aliphatic carbocycles. The second-order valence-electron chi connectivity index (χ2n) is 5.61. The largest absolute Gasteiger partial charge is 0.383 e. The van der Waals surface area contributed by atoms with Gasteiger partial charge in [-0.05, 0) is 37.5 Å². The first kappa shape index (κ1) is 14.9. The number of hydrogen-bond acceptors (Lipinski definition) is 2. The lowest BCUT2D eigenvalue weighted by atomic mass is 10.1. The van der Waals surface area contributed by atoms with Crippen LogP contribution in [0.3, 0.4) is 0 Å². The maximum Gasteiger partial charge on any atom is 0.131 e. The fourth-order valence-electron chi connectivity index (χ4n) is 2.57. The molecule has 0 saturated heterocycles. The predicted molar refractivity (Wildman–Crippen MR) is 91.7 cm³/mol. The van der Waals surface area contributed by atoms with Gasteiger partial charge in [-0.15, -0.1) is 0 Å². The quantitative estimate of drug-likeness (QED) is 0.785. The van der Waals surface area contributed by atoms with Gasteiger partial charge in [-0.2, -0.15) is 0 Å². The van der Waals surface area contributed by atoms with E-state index in [1.807, 2.05) is 18.2 Å². The van der Waals surface area contributed by atoms with Crippen molar-refractivity contribution in [2.75, 3.05) is 5.73 Å². The van der Waals surface area contributed by atoms with Crippen molar-refractivity contribution in [1.82, 2.24) is 9.55 Å². The first-order valence-corrected chi connectivity index (χ1v) is 8.60. The normalized spacial score (nSPS) is 14.6. The molecule has 2 N–H and O–H groups in total. The van der Waals surface area contributed by atoms with Crippen molar-refractivity contribution in [3.05, 3.63) is 33.5 Å². The number of nitrogen functional groups attached to an aromatic ring is 1. The van der Waals surface area contributed by atoms with Crippen LogP contribution in [0.15, 0.2) is 22.7 Å². The van der Waals surface area contributed by atoms with Crippen LogP contribution in [-0.4, -0.2) is 9.55 Å². The molecule has 1 aromatic carbocycles. The summed E-state index contributed by atoms with van der Waals surface area (Å²) in [5, 5.41) is 0.687. The Kier molecular flexibility index (Phi) is 4.27. The monoisotopic (exact) mass is 367 g/mol. The third-order valence-electron chi connectivity index (χ3n) is 3.90. The molecule has 21 heavy (non-hydrogen) atoms. The summed E-state index contributed by atoms with van der Waals surface area (Å²) in [5.74, 6) is 2.45. The molecule has 3 rings (SSSR count). The number of nitrogens with two attached hydrogens (primary N) is 1. The molecule has 112 valence electrons. The number of anilines is 1. The molecule has 0 aliphatic heterocycles. The summed E-state index contributed by atoms with van der Waals surface area (Å²) in [6, 6.07) is 5.79. The second kappa shape index (κ2) is 6.01. The molecular weight excluding hydrogens is 350 g/mol. The van der Waals surface area contributed by atoms with Crippen LogP contribution in [0.25, 0.3) is 11.3 Å². The summed E-state index contributed by atoms with van der Waals surface area (Å²) in [7, 11) is 0. The van der Waals surface area contributed by atoms with Crippen LogP contribution >= 0.6 is 27.5 Å². The zero-order valence-corrected chi connectivity index (χ0v) is 14.4.